The fourth-order valence-corrected chi connectivity index (χ4v) is 2.77. The van der Waals surface area contributed by atoms with Crippen LogP contribution >= 0.6 is 15.9 Å². The molecule has 1 amide bonds. The quantitative estimate of drug-likeness (QED) is 0.798. The number of primary amides is 1. The SMILES string of the molecule is NC(=O)c1ccc2c(c1Br)[C@H](N)CC2. The van der Waals surface area contributed by atoms with Crippen LogP contribution in [0.2, 0.25) is 0 Å². The molecule has 1 aliphatic rings. The van der Waals surface area contributed by atoms with Gasteiger partial charge < -0.3 is 11.5 Å². The number of halogens is 1. The van der Waals surface area contributed by atoms with Gasteiger partial charge in [0.05, 0.1) is 5.56 Å². The standard InChI is InChI=1S/C10H11BrN2O/c11-9-6(10(13)14)3-1-5-2-4-7(12)8(5)9/h1,3,7H,2,4,12H2,(H2,13,14)/t7-/m1/s1. The van der Waals surface area contributed by atoms with Crippen LogP contribution in [0.3, 0.4) is 0 Å². The number of carbonyl (C=O) groups is 1. The van der Waals surface area contributed by atoms with E-state index in [1.54, 1.807) is 6.07 Å². The van der Waals surface area contributed by atoms with Gasteiger partial charge in [-0.1, -0.05) is 6.07 Å². The van der Waals surface area contributed by atoms with Gasteiger partial charge in [0.25, 0.3) is 0 Å². The molecule has 0 unspecified atom stereocenters. The van der Waals surface area contributed by atoms with Crippen LogP contribution < -0.4 is 11.5 Å². The van der Waals surface area contributed by atoms with E-state index in [0.717, 1.165) is 22.9 Å². The van der Waals surface area contributed by atoms with E-state index in [0.29, 0.717) is 5.56 Å². The first-order valence-corrected chi connectivity index (χ1v) is 5.27. The second kappa shape index (κ2) is 3.37. The summed E-state index contributed by atoms with van der Waals surface area (Å²) in [6.07, 6.45) is 1.92. The minimum absolute atomic E-state index is 0.0266. The fraction of sp³-hybridized carbons (Fsp3) is 0.300. The largest absolute Gasteiger partial charge is 0.366 e. The number of nitrogens with two attached hydrogens (primary N) is 2. The summed E-state index contributed by atoms with van der Waals surface area (Å²) in [5.41, 5.74) is 14.0. The lowest BCUT2D eigenvalue weighted by molar-refractivity contribution is 0.0999. The van der Waals surface area contributed by atoms with Crippen molar-refractivity contribution in [3.05, 3.63) is 33.3 Å². The lowest BCUT2D eigenvalue weighted by atomic mass is 10.0. The molecule has 0 aromatic heterocycles. The van der Waals surface area contributed by atoms with Gasteiger partial charge in [-0.3, -0.25) is 4.79 Å². The van der Waals surface area contributed by atoms with Gasteiger partial charge in [-0.15, -0.1) is 0 Å². The molecule has 1 aromatic carbocycles. The predicted molar refractivity (Wildman–Crippen MR) is 57.9 cm³/mol. The zero-order chi connectivity index (χ0) is 10.3. The van der Waals surface area contributed by atoms with Crippen LogP contribution in [0.15, 0.2) is 16.6 Å². The number of hydrogen-bond donors (Lipinski definition) is 2. The molecular formula is C10H11BrN2O. The first-order valence-electron chi connectivity index (χ1n) is 4.48. The zero-order valence-corrected chi connectivity index (χ0v) is 9.17. The number of benzene rings is 1. The van der Waals surface area contributed by atoms with E-state index in [4.69, 9.17) is 11.5 Å². The smallest absolute Gasteiger partial charge is 0.249 e. The van der Waals surface area contributed by atoms with Crippen molar-refractivity contribution >= 4 is 21.8 Å². The average Bonchev–Trinajstić information content (AvgIpc) is 2.48. The van der Waals surface area contributed by atoms with Crippen LogP contribution in [0.5, 0.6) is 0 Å². The van der Waals surface area contributed by atoms with E-state index in [9.17, 15) is 4.79 Å². The van der Waals surface area contributed by atoms with Crippen molar-refractivity contribution in [3.8, 4) is 0 Å². The summed E-state index contributed by atoms with van der Waals surface area (Å²) in [4.78, 5) is 11.1. The predicted octanol–water partition coefficient (Wildman–Crippen LogP) is 1.49. The molecule has 3 nitrogen and oxygen atoms in total. The summed E-state index contributed by atoms with van der Waals surface area (Å²) < 4.78 is 0.771. The molecule has 1 aromatic rings. The molecule has 0 heterocycles. The van der Waals surface area contributed by atoms with Crippen molar-refractivity contribution in [3.63, 3.8) is 0 Å². The van der Waals surface area contributed by atoms with E-state index in [1.165, 1.54) is 5.56 Å². The summed E-state index contributed by atoms with van der Waals surface area (Å²) in [5.74, 6) is -0.418. The first-order chi connectivity index (χ1) is 6.61. The molecular weight excluding hydrogens is 244 g/mol. The molecule has 1 aliphatic carbocycles. The van der Waals surface area contributed by atoms with Crippen LogP contribution in [0, 0.1) is 0 Å². The highest BCUT2D eigenvalue weighted by atomic mass is 79.9. The summed E-state index contributed by atoms with van der Waals surface area (Å²) in [6, 6.07) is 3.72. The van der Waals surface area contributed by atoms with Gasteiger partial charge in [0, 0.05) is 10.5 Å². The van der Waals surface area contributed by atoms with Crippen molar-refractivity contribution in [1.82, 2.24) is 0 Å². The highest BCUT2D eigenvalue weighted by Gasteiger charge is 2.24. The van der Waals surface area contributed by atoms with Crippen molar-refractivity contribution in [1.29, 1.82) is 0 Å². The van der Waals surface area contributed by atoms with Crippen LogP contribution in [0.4, 0.5) is 0 Å². The van der Waals surface area contributed by atoms with Gasteiger partial charge in [-0.05, 0) is 46.0 Å². The molecule has 2 rings (SSSR count). The fourth-order valence-electron chi connectivity index (χ4n) is 1.90. The van der Waals surface area contributed by atoms with Gasteiger partial charge in [0.1, 0.15) is 0 Å². The van der Waals surface area contributed by atoms with Gasteiger partial charge in [-0.25, -0.2) is 0 Å². The van der Waals surface area contributed by atoms with Gasteiger partial charge >= 0.3 is 0 Å². The Morgan fingerprint density at radius 3 is 2.86 bits per heavy atom. The van der Waals surface area contributed by atoms with E-state index < -0.39 is 5.91 Å². The normalized spacial score (nSPS) is 19.4. The highest BCUT2D eigenvalue weighted by Crippen LogP contribution is 2.36. The Hall–Kier alpha value is -0.870. The Kier molecular flexibility index (Phi) is 2.33. The van der Waals surface area contributed by atoms with Crippen LogP contribution in [0.25, 0.3) is 0 Å². The molecule has 0 spiro atoms. The molecule has 0 saturated heterocycles. The van der Waals surface area contributed by atoms with Gasteiger partial charge in [0.15, 0.2) is 0 Å². The van der Waals surface area contributed by atoms with Crippen LogP contribution in [-0.2, 0) is 6.42 Å². The lowest BCUT2D eigenvalue weighted by Gasteiger charge is -2.10. The first kappa shape index (κ1) is 9.68. The van der Waals surface area contributed by atoms with Gasteiger partial charge in [-0.2, -0.15) is 0 Å². The summed E-state index contributed by atoms with van der Waals surface area (Å²) >= 11 is 3.39. The minimum Gasteiger partial charge on any atom is -0.366 e. The van der Waals surface area contributed by atoms with E-state index in [1.807, 2.05) is 6.07 Å². The molecule has 4 heteroatoms. The molecule has 0 bridgehead atoms. The van der Waals surface area contributed by atoms with Crippen LogP contribution in [-0.4, -0.2) is 5.91 Å². The second-order valence-electron chi connectivity index (χ2n) is 3.51. The van der Waals surface area contributed by atoms with Crippen molar-refractivity contribution in [2.45, 2.75) is 18.9 Å². The third-order valence-electron chi connectivity index (χ3n) is 2.63. The van der Waals surface area contributed by atoms with Crippen molar-refractivity contribution in [2.24, 2.45) is 11.5 Å². The molecule has 0 fully saturated rings. The number of hydrogen-bond acceptors (Lipinski definition) is 2. The number of aryl methyl sites for hydroxylation is 1. The molecule has 14 heavy (non-hydrogen) atoms. The summed E-state index contributed by atoms with van der Waals surface area (Å²) in [5, 5.41) is 0. The zero-order valence-electron chi connectivity index (χ0n) is 7.59. The van der Waals surface area contributed by atoms with Crippen LogP contribution in [0.1, 0.15) is 33.9 Å². The average molecular weight is 255 g/mol. The van der Waals surface area contributed by atoms with Gasteiger partial charge in [0.2, 0.25) is 5.91 Å². The second-order valence-corrected chi connectivity index (χ2v) is 4.30. The number of amides is 1. The van der Waals surface area contributed by atoms with E-state index in [2.05, 4.69) is 15.9 Å². The monoisotopic (exact) mass is 254 g/mol. The molecule has 74 valence electrons. The maximum Gasteiger partial charge on any atom is 0.249 e. The Bertz CT molecular complexity index is 403. The van der Waals surface area contributed by atoms with E-state index in [-0.39, 0.29) is 6.04 Å². The number of rotatable bonds is 1. The summed E-state index contributed by atoms with van der Waals surface area (Å²) in [6.45, 7) is 0. The Morgan fingerprint density at radius 1 is 1.50 bits per heavy atom. The summed E-state index contributed by atoms with van der Waals surface area (Å²) in [7, 11) is 0. The molecule has 4 N–H and O–H groups in total. The topological polar surface area (TPSA) is 69.1 Å². The molecule has 0 aliphatic heterocycles. The van der Waals surface area contributed by atoms with E-state index >= 15 is 0 Å². The third kappa shape index (κ3) is 1.35. The third-order valence-corrected chi connectivity index (χ3v) is 3.49. The molecule has 1 atom stereocenters. The Balaban J connectivity index is 2.61. The maximum atomic E-state index is 11.1. The van der Waals surface area contributed by atoms with Crippen molar-refractivity contribution < 1.29 is 4.79 Å². The minimum atomic E-state index is -0.418. The van der Waals surface area contributed by atoms with Crippen molar-refractivity contribution in [2.75, 3.05) is 0 Å². The maximum absolute atomic E-state index is 11.1. The number of carbonyl (C=O) groups excluding carboxylic acids is 1. The number of fused-ring (bicyclic) bond motifs is 1. The Labute approximate surface area is 90.6 Å². The highest BCUT2D eigenvalue weighted by molar-refractivity contribution is 9.10. The molecule has 0 saturated carbocycles. The lowest BCUT2D eigenvalue weighted by Crippen LogP contribution is -2.14. The Morgan fingerprint density at radius 2 is 2.21 bits per heavy atom. The molecule has 0 radical (unpaired) electrons.